The van der Waals surface area contributed by atoms with Crippen LogP contribution in [0.25, 0.3) is 0 Å². The molecule has 0 aromatic carbocycles. The summed E-state index contributed by atoms with van der Waals surface area (Å²) in [6, 6.07) is 3.97. The summed E-state index contributed by atoms with van der Waals surface area (Å²) < 4.78 is 0. The minimum Gasteiger partial charge on any atom is -0.350 e. The standard InChI is InChI=1S/C10H15N3O2S.ClH/c1-7-2-3-8(16-7)5-12-10(15)6-13-9(14)4-11;/h2-3H,4-6,11H2,1H3,(H,12,15)(H,13,14);1H. The van der Waals surface area contributed by atoms with Crippen LogP contribution in [0.3, 0.4) is 0 Å². The van der Waals surface area contributed by atoms with Crippen molar-refractivity contribution in [2.75, 3.05) is 13.1 Å². The number of amides is 2. The molecule has 0 saturated carbocycles. The maximum Gasteiger partial charge on any atom is 0.239 e. The minimum atomic E-state index is -0.331. The molecule has 7 heteroatoms. The first-order valence-electron chi connectivity index (χ1n) is 4.90. The lowest BCUT2D eigenvalue weighted by Gasteiger charge is -2.04. The van der Waals surface area contributed by atoms with Crippen LogP contribution in [0.1, 0.15) is 9.75 Å². The first kappa shape index (κ1) is 15.9. The summed E-state index contributed by atoms with van der Waals surface area (Å²) in [7, 11) is 0. The van der Waals surface area contributed by atoms with Crippen molar-refractivity contribution in [1.82, 2.24) is 10.6 Å². The molecule has 0 radical (unpaired) electrons. The molecule has 0 atom stereocenters. The molecule has 1 rings (SSSR count). The van der Waals surface area contributed by atoms with Gasteiger partial charge in [-0.15, -0.1) is 23.7 Å². The highest BCUT2D eigenvalue weighted by molar-refractivity contribution is 7.11. The fourth-order valence-corrected chi connectivity index (χ4v) is 1.91. The van der Waals surface area contributed by atoms with E-state index in [-0.39, 0.29) is 37.3 Å². The topological polar surface area (TPSA) is 84.2 Å². The molecule has 96 valence electrons. The van der Waals surface area contributed by atoms with Crippen LogP contribution < -0.4 is 16.4 Å². The van der Waals surface area contributed by atoms with E-state index in [1.165, 1.54) is 4.88 Å². The van der Waals surface area contributed by atoms with Crippen molar-refractivity contribution in [3.8, 4) is 0 Å². The molecule has 0 saturated heterocycles. The Balaban J connectivity index is 0.00000256. The highest BCUT2D eigenvalue weighted by Crippen LogP contribution is 2.14. The van der Waals surface area contributed by atoms with Crippen molar-refractivity contribution < 1.29 is 9.59 Å². The van der Waals surface area contributed by atoms with Crippen LogP contribution in [-0.2, 0) is 16.1 Å². The number of nitrogens with one attached hydrogen (secondary N) is 2. The minimum absolute atomic E-state index is 0. The van der Waals surface area contributed by atoms with E-state index in [2.05, 4.69) is 10.6 Å². The summed E-state index contributed by atoms with van der Waals surface area (Å²) >= 11 is 1.64. The van der Waals surface area contributed by atoms with Gasteiger partial charge in [-0.05, 0) is 19.1 Å². The smallest absolute Gasteiger partial charge is 0.239 e. The van der Waals surface area contributed by atoms with Gasteiger partial charge in [-0.25, -0.2) is 0 Å². The Kier molecular flexibility index (Phi) is 7.53. The summed E-state index contributed by atoms with van der Waals surface area (Å²) in [6.07, 6.45) is 0. The van der Waals surface area contributed by atoms with Gasteiger partial charge >= 0.3 is 0 Å². The lowest BCUT2D eigenvalue weighted by atomic mass is 10.4. The average molecular weight is 278 g/mol. The fraction of sp³-hybridized carbons (Fsp3) is 0.400. The predicted octanol–water partition coefficient (Wildman–Crippen LogP) is 0.169. The summed E-state index contributed by atoms with van der Waals surface area (Å²) in [4.78, 5) is 24.4. The Morgan fingerprint density at radius 1 is 1.29 bits per heavy atom. The molecule has 0 fully saturated rings. The van der Waals surface area contributed by atoms with Crippen molar-refractivity contribution in [3.63, 3.8) is 0 Å². The van der Waals surface area contributed by atoms with E-state index in [1.54, 1.807) is 11.3 Å². The van der Waals surface area contributed by atoms with Gasteiger partial charge in [0.1, 0.15) is 0 Å². The number of aryl methyl sites for hydroxylation is 1. The number of rotatable bonds is 5. The molecule has 5 nitrogen and oxygen atoms in total. The first-order valence-corrected chi connectivity index (χ1v) is 5.72. The van der Waals surface area contributed by atoms with E-state index in [0.717, 1.165) is 4.88 Å². The van der Waals surface area contributed by atoms with E-state index in [1.807, 2.05) is 19.1 Å². The molecule has 0 unspecified atom stereocenters. The summed E-state index contributed by atoms with van der Waals surface area (Å²) in [6.45, 7) is 2.38. The number of thiophene rings is 1. The zero-order valence-corrected chi connectivity index (χ0v) is 11.1. The van der Waals surface area contributed by atoms with Crippen LogP contribution in [0, 0.1) is 6.92 Å². The van der Waals surface area contributed by atoms with Crippen molar-refractivity contribution in [3.05, 3.63) is 21.9 Å². The first-order chi connectivity index (χ1) is 7.61. The van der Waals surface area contributed by atoms with Crippen LogP contribution in [0.4, 0.5) is 0 Å². The molecule has 0 aliphatic heterocycles. The highest BCUT2D eigenvalue weighted by Gasteiger charge is 2.04. The van der Waals surface area contributed by atoms with Gasteiger partial charge in [0.05, 0.1) is 19.6 Å². The van der Waals surface area contributed by atoms with E-state index in [9.17, 15) is 9.59 Å². The Morgan fingerprint density at radius 3 is 2.53 bits per heavy atom. The second kappa shape index (κ2) is 8.05. The number of hydrogen-bond acceptors (Lipinski definition) is 4. The number of carbonyl (C=O) groups excluding carboxylic acids is 2. The molecular formula is C10H16ClN3O2S. The van der Waals surface area contributed by atoms with E-state index >= 15 is 0 Å². The second-order valence-electron chi connectivity index (χ2n) is 3.27. The van der Waals surface area contributed by atoms with Crippen molar-refractivity contribution >= 4 is 35.6 Å². The second-order valence-corrected chi connectivity index (χ2v) is 4.64. The molecule has 4 N–H and O–H groups in total. The lowest BCUT2D eigenvalue weighted by molar-refractivity contribution is -0.125. The molecular weight excluding hydrogens is 262 g/mol. The zero-order chi connectivity index (χ0) is 12.0. The molecule has 0 bridgehead atoms. The molecule has 0 spiro atoms. The van der Waals surface area contributed by atoms with Gasteiger partial charge in [0.2, 0.25) is 11.8 Å². The number of halogens is 1. The molecule has 0 aliphatic rings. The fourth-order valence-electron chi connectivity index (χ4n) is 1.08. The molecule has 1 heterocycles. The van der Waals surface area contributed by atoms with Gasteiger partial charge in [0.15, 0.2) is 0 Å². The average Bonchev–Trinajstić information content (AvgIpc) is 2.69. The van der Waals surface area contributed by atoms with Gasteiger partial charge in [-0.2, -0.15) is 0 Å². The Hall–Kier alpha value is -1.11. The monoisotopic (exact) mass is 277 g/mol. The SMILES string of the molecule is Cc1ccc(CNC(=O)CNC(=O)CN)s1.Cl. The quantitative estimate of drug-likeness (QED) is 0.717. The number of nitrogens with two attached hydrogens (primary N) is 1. The van der Waals surface area contributed by atoms with Crippen LogP contribution in [0.2, 0.25) is 0 Å². The highest BCUT2D eigenvalue weighted by atomic mass is 35.5. The third-order valence-electron chi connectivity index (χ3n) is 1.89. The Labute approximate surface area is 110 Å². The maximum absolute atomic E-state index is 11.3. The molecule has 1 aromatic heterocycles. The van der Waals surface area contributed by atoms with E-state index < -0.39 is 0 Å². The van der Waals surface area contributed by atoms with Gasteiger partial charge in [-0.1, -0.05) is 0 Å². The predicted molar refractivity (Wildman–Crippen MR) is 70.2 cm³/mol. The molecule has 1 aromatic rings. The third-order valence-corrected chi connectivity index (χ3v) is 2.89. The van der Waals surface area contributed by atoms with Crippen molar-refractivity contribution in [2.45, 2.75) is 13.5 Å². The number of hydrogen-bond donors (Lipinski definition) is 3. The van der Waals surface area contributed by atoms with Crippen LogP contribution in [0.5, 0.6) is 0 Å². The normalized spacial score (nSPS) is 9.29. The number of carbonyl (C=O) groups is 2. The van der Waals surface area contributed by atoms with Crippen LogP contribution >= 0.6 is 23.7 Å². The molecule has 0 aliphatic carbocycles. The maximum atomic E-state index is 11.3. The Bertz CT molecular complexity index is 381. The van der Waals surface area contributed by atoms with Crippen molar-refractivity contribution in [1.29, 1.82) is 0 Å². The van der Waals surface area contributed by atoms with E-state index in [0.29, 0.717) is 6.54 Å². The van der Waals surface area contributed by atoms with Gasteiger partial charge in [0, 0.05) is 9.75 Å². The third kappa shape index (κ3) is 6.25. The largest absolute Gasteiger partial charge is 0.350 e. The Morgan fingerprint density at radius 2 is 2.00 bits per heavy atom. The molecule has 17 heavy (non-hydrogen) atoms. The van der Waals surface area contributed by atoms with Gasteiger partial charge < -0.3 is 16.4 Å². The van der Waals surface area contributed by atoms with Gasteiger partial charge in [-0.3, -0.25) is 9.59 Å². The summed E-state index contributed by atoms with van der Waals surface area (Å²) in [5, 5.41) is 5.11. The van der Waals surface area contributed by atoms with Gasteiger partial charge in [0.25, 0.3) is 0 Å². The summed E-state index contributed by atoms with van der Waals surface area (Å²) in [5.74, 6) is -0.546. The van der Waals surface area contributed by atoms with Crippen LogP contribution in [0.15, 0.2) is 12.1 Å². The summed E-state index contributed by atoms with van der Waals surface area (Å²) in [5.41, 5.74) is 5.08. The van der Waals surface area contributed by atoms with Crippen LogP contribution in [-0.4, -0.2) is 24.9 Å². The lowest BCUT2D eigenvalue weighted by Crippen LogP contribution is -2.39. The molecule has 2 amide bonds. The van der Waals surface area contributed by atoms with E-state index in [4.69, 9.17) is 5.73 Å². The van der Waals surface area contributed by atoms with Crippen molar-refractivity contribution in [2.24, 2.45) is 5.73 Å². The zero-order valence-electron chi connectivity index (χ0n) is 9.49.